The van der Waals surface area contributed by atoms with Gasteiger partial charge in [0.1, 0.15) is 11.5 Å². The van der Waals surface area contributed by atoms with Crippen LogP contribution in [-0.4, -0.2) is 23.6 Å². The van der Waals surface area contributed by atoms with Gasteiger partial charge in [-0.3, -0.25) is 10.1 Å². The Bertz CT molecular complexity index is 510. The third-order valence-electron chi connectivity index (χ3n) is 3.42. The van der Waals surface area contributed by atoms with Crippen molar-refractivity contribution in [3.05, 3.63) is 33.9 Å². The number of benzene rings is 1. The summed E-state index contributed by atoms with van der Waals surface area (Å²) in [5, 5.41) is 11.0. The van der Waals surface area contributed by atoms with Crippen molar-refractivity contribution in [1.29, 1.82) is 0 Å². The highest BCUT2D eigenvalue weighted by molar-refractivity contribution is 5.64. The molecule has 1 aliphatic rings. The highest BCUT2D eigenvalue weighted by Crippen LogP contribution is 2.35. The van der Waals surface area contributed by atoms with Crippen LogP contribution in [0.5, 0.6) is 0 Å². The topological polar surface area (TPSA) is 72.4 Å². The van der Waals surface area contributed by atoms with Gasteiger partial charge in [-0.15, -0.1) is 0 Å². The molecule has 1 saturated heterocycles. The first-order valence-electron chi connectivity index (χ1n) is 6.05. The van der Waals surface area contributed by atoms with Crippen molar-refractivity contribution in [2.45, 2.75) is 31.8 Å². The van der Waals surface area contributed by atoms with Crippen LogP contribution in [0, 0.1) is 21.7 Å². The van der Waals surface area contributed by atoms with Crippen molar-refractivity contribution >= 4 is 11.4 Å². The van der Waals surface area contributed by atoms with Crippen LogP contribution in [-0.2, 0) is 0 Å². The molecule has 0 amide bonds. The molecule has 2 rings (SSSR count). The van der Waals surface area contributed by atoms with Crippen LogP contribution < -0.4 is 10.6 Å². The Labute approximate surface area is 109 Å². The molecule has 1 aromatic carbocycles. The van der Waals surface area contributed by atoms with E-state index in [1.165, 1.54) is 0 Å². The standard InChI is InChI=1S/C12H15F2N3O2/c1-7-4-9(15)2-3-16(7)11-6-8(13)5-10(14)12(11)17(18)19/h5-7,9H,2-4,15H2,1H3. The van der Waals surface area contributed by atoms with Crippen molar-refractivity contribution in [1.82, 2.24) is 0 Å². The van der Waals surface area contributed by atoms with Gasteiger partial charge in [0.25, 0.3) is 0 Å². The summed E-state index contributed by atoms with van der Waals surface area (Å²) < 4.78 is 26.9. The second-order valence-electron chi connectivity index (χ2n) is 4.84. The molecule has 2 N–H and O–H groups in total. The molecule has 0 spiro atoms. The number of rotatable bonds is 2. The lowest BCUT2D eigenvalue weighted by Gasteiger charge is -2.37. The van der Waals surface area contributed by atoms with Crippen molar-refractivity contribution in [2.24, 2.45) is 5.73 Å². The van der Waals surface area contributed by atoms with Crippen LogP contribution in [0.25, 0.3) is 0 Å². The van der Waals surface area contributed by atoms with Crippen LogP contribution >= 0.6 is 0 Å². The van der Waals surface area contributed by atoms with Crippen LogP contribution in [0.15, 0.2) is 12.1 Å². The smallest absolute Gasteiger partial charge is 0.328 e. The average molecular weight is 271 g/mol. The van der Waals surface area contributed by atoms with Gasteiger partial charge in [-0.2, -0.15) is 4.39 Å². The maximum absolute atomic E-state index is 13.6. The molecule has 0 bridgehead atoms. The molecule has 5 nitrogen and oxygen atoms in total. The van der Waals surface area contributed by atoms with Crippen molar-refractivity contribution in [2.75, 3.05) is 11.4 Å². The molecule has 19 heavy (non-hydrogen) atoms. The predicted octanol–water partition coefficient (Wildman–Crippen LogP) is 2.19. The highest BCUT2D eigenvalue weighted by Gasteiger charge is 2.31. The van der Waals surface area contributed by atoms with Crippen LogP contribution in [0.4, 0.5) is 20.2 Å². The maximum Gasteiger partial charge on any atom is 0.328 e. The monoisotopic (exact) mass is 271 g/mol. The maximum atomic E-state index is 13.6. The first-order valence-corrected chi connectivity index (χ1v) is 6.05. The Balaban J connectivity index is 2.46. The zero-order valence-electron chi connectivity index (χ0n) is 10.5. The van der Waals surface area contributed by atoms with Crippen LogP contribution in [0.1, 0.15) is 19.8 Å². The van der Waals surface area contributed by atoms with Crippen molar-refractivity contribution < 1.29 is 13.7 Å². The predicted molar refractivity (Wildman–Crippen MR) is 67.0 cm³/mol. The van der Waals surface area contributed by atoms with Gasteiger partial charge in [0.05, 0.1) is 4.92 Å². The fraction of sp³-hybridized carbons (Fsp3) is 0.500. The Morgan fingerprint density at radius 2 is 2.16 bits per heavy atom. The van der Waals surface area contributed by atoms with E-state index in [1.54, 1.807) is 4.90 Å². The van der Waals surface area contributed by atoms with E-state index in [9.17, 15) is 18.9 Å². The molecule has 1 fully saturated rings. The fourth-order valence-corrected chi connectivity index (χ4v) is 2.52. The second-order valence-corrected chi connectivity index (χ2v) is 4.84. The zero-order chi connectivity index (χ0) is 14.2. The summed E-state index contributed by atoms with van der Waals surface area (Å²) in [7, 11) is 0. The Morgan fingerprint density at radius 1 is 1.47 bits per heavy atom. The van der Waals surface area contributed by atoms with Crippen LogP contribution in [0.2, 0.25) is 0 Å². The Kier molecular flexibility index (Phi) is 3.66. The molecule has 0 aromatic heterocycles. The van der Waals surface area contributed by atoms with E-state index < -0.39 is 22.2 Å². The number of nitrogens with two attached hydrogens (primary N) is 1. The summed E-state index contributed by atoms with van der Waals surface area (Å²) in [6.45, 7) is 2.29. The van der Waals surface area contributed by atoms with E-state index in [0.29, 0.717) is 25.5 Å². The summed E-state index contributed by atoms with van der Waals surface area (Å²) in [6.07, 6.45) is 1.27. The van der Waals surface area contributed by atoms with Crippen molar-refractivity contribution in [3.8, 4) is 0 Å². The number of nitrogens with zero attached hydrogens (tertiary/aromatic N) is 2. The van der Waals surface area contributed by atoms with E-state index in [1.807, 2.05) is 6.92 Å². The lowest BCUT2D eigenvalue weighted by atomic mass is 9.98. The lowest BCUT2D eigenvalue weighted by molar-refractivity contribution is -0.386. The van der Waals surface area contributed by atoms with Crippen LogP contribution in [0.3, 0.4) is 0 Å². The second kappa shape index (κ2) is 5.08. The van der Waals surface area contributed by atoms with E-state index >= 15 is 0 Å². The van der Waals surface area contributed by atoms with E-state index in [-0.39, 0.29) is 17.8 Å². The molecule has 0 radical (unpaired) electrons. The van der Waals surface area contributed by atoms with Gasteiger partial charge in [-0.1, -0.05) is 0 Å². The van der Waals surface area contributed by atoms with Gasteiger partial charge in [-0.05, 0) is 19.8 Å². The largest absolute Gasteiger partial charge is 0.363 e. The molecule has 1 heterocycles. The first kappa shape index (κ1) is 13.7. The van der Waals surface area contributed by atoms with Crippen molar-refractivity contribution in [3.63, 3.8) is 0 Å². The fourth-order valence-electron chi connectivity index (χ4n) is 2.52. The van der Waals surface area contributed by atoms with Gasteiger partial charge in [0.15, 0.2) is 0 Å². The molecule has 2 unspecified atom stereocenters. The molecule has 0 aliphatic carbocycles. The number of nitro benzene ring substituents is 1. The average Bonchev–Trinajstić information content (AvgIpc) is 2.26. The van der Waals surface area contributed by atoms with E-state index in [4.69, 9.17) is 5.73 Å². The quantitative estimate of drug-likeness (QED) is 0.661. The van der Waals surface area contributed by atoms with Gasteiger partial charge in [0, 0.05) is 30.8 Å². The molecule has 104 valence electrons. The molecule has 1 aromatic rings. The van der Waals surface area contributed by atoms with E-state index in [2.05, 4.69) is 0 Å². The highest BCUT2D eigenvalue weighted by atomic mass is 19.1. The minimum absolute atomic E-state index is 0.0121. The third kappa shape index (κ3) is 2.65. The normalized spacial score (nSPS) is 23.5. The summed E-state index contributed by atoms with van der Waals surface area (Å²) in [6, 6.07) is 1.46. The number of hydrogen-bond acceptors (Lipinski definition) is 4. The molecule has 2 atom stereocenters. The summed E-state index contributed by atoms with van der Waals surface area (Å²) in [4.78, 5) is 11.8. The number of anilines is 1. The molecular weight excluding hydrogens is 256 g/mol. The van der Waals surface area contributed by atoms with Gasteiger partial charge < -0.3 is 10.6 Å². The summed E-state index contributed by atoms with van der Waals surface area (Å²) in [5.41, 5.74) is 5.13. The summed E-state index contributed by atoms with van der Waals surface area (Å²) in [5.74, 6) is -1.97. The third-order valence-corrected chi connectivity index (χ3v) is 3.42. The molecule has 0 saturated carbocycles. The molecular formula is C12H15F2N3O2. The van der Waals surface area contributed by atoms with E-state index in [0.717, 1.165) is 6.07 Å². The first-order chi connectivity index (χ1) is 8.90. The minimum Gasteiger partial charge on any atom is -0.363 e. The molecule has 7 heteroatoms. The molecule has 1 aliphatic heterocycles. The minimum atomic E-state index is -1.15. The number of hydrogen-bond donors (Lipinski definition) is 1. The number of nitro groups is 1. The SMILES string of the molecule is CC1CC(N)CCN1c1cc(F)cc(F)c1[N+](=O)[O-]. The Morgan fingerprint density at radius 3 is 2.74 bits per heavy atom. The number of halogens is 2. The van der Waals surface area contributed by atoms with Gasteiger partial charge in [-0.25, -0.2) is 4.39 Å². The number of piperidine rings is 1. The zero-order valence-corrected chi connectivity index (χ0v) is 10.5. The van der Waals surface area contributed by atoms with Gasteiger partial charge in [0.2, 0.25) is 5.82 Å². The summed E-state index contributed by atoms with van der Waals surface area (Å²) >= 11 is 0. The van der Waals surface area contributed by atoms with Gasteiger partial charge >= 0.3 is 5.69 Å². The Hall–Kier alpha value is -1.76. The lowest BCUT2D eigenvalue weighted by Crippen LogP contribution is -2.45.